The molecule has 33 heavy (non-hydrogen) atoms. The number of fused-ring (bicyclic) bond motifs is 1. The number of hydrogen-bond acceptors (Lipinski definition) is 6. The number of ether oxygens (including phenoxy) is 1. The maximum absolute atomic E-state index is 14.2. The van der Waals surface area contributed by atoms with Gasteiger partial charge in [0.05, 0.1) is 36.1 Å². The predicted octanol–water partition coefficient (Wildman–Crippen LogP) is 1.84. The Balaban J connectivity index is 1.39. The van der Waals surface area contributed by atoms with Crippen LogP contribution in [0.3, 0.4) is 0 Å². The second kappa shape index (κ2) is 10.3. The Morgan fingerprint density at radius 3 is 2.67 bits per heavy atom. The molecule has 0 unspecified atom stereocenters. The molecule has 0 spiro atoms. The Labute approximate surface area is 189 Å². The topological polar surface area (TPSA) is 106 Å². The van der Waals surface area contributed by atoms with Gasteiger partial charge in [-0.2, -0.15) is 0 Å². The lowest BCUT2D eigenvalue weighted by atomic mass is 10.2. The highest BCUT2D eigenvalue weighted by atomic mass is 19.1. The highest BCUT2D eigenvalue weighted by Crippen LogP contribution is 2.20. The number of halogens is 1. The van der Waals surface area contributed by atoms with Crippen molar-refractivity contribution in [3.8, 4) is 0 Å². The van der Waals surface area contributed by atoms with Gasteiger partial charge in [-0.05, 0) is 30.3 Å². The normalized spacial score (nSPS) is 14.2. The summed E-state index contributed by atoms with van der Waals surface area (Å²) >= 11 is 0. The summed E-state index contributed by atoms with van der Waals surface area (Å²) in [6.07, 6.45) is 1.38. The molecule has 3 aromatic rings. The molecule has 0 bridgehead atoms. The lowest BCUT2D eigenvalue weighted by molar-refractivity contribution is -0.117. The first kappa shape index (κ1) is 22.6. The molecule has 2 N–H and O–H groups in total. The first-order valence-corrected chi connectivity index (χ1v) is 10.6. The van der Waals surface area contributed by atoms with Gasteiger partial charge >= 0.3 is 0 Å². The number of benzene rings is 2. The third-order valence-electron chi connectivity index (χ3n) is 5.34. The van der Waals surface area contributed by atoms with Gasteiger partial charge in [-0.1, -0.05) is 12.1 Å². The Kier molecular flexibility index (Phi) is 7.06. The van der Waals surface area contributed by atoms with Crippen LogP contribution in [-0.2, 0) is 20.9 Å². The number of morpholine rings is 1. The molecule has 1 fully saturated rings. The van der Waals surface area contributed by atoms with Crippen LogP contribution in [-0.4, -0.2) is 59.1 Å². The minimum absolute atomic E-state index is 0.0219. The molecule has 0 radical (unpaired) electrons. The first-order valence-electron chi connectivity index (χ1n) is 10.6. The smallest absolute Gasteiger partial charge is 0.269 e. The number of nitrogens with one attached hydrogen (secondary N) is 2. The SMILES string of the molecule is O=C(Cn1c(=O)cnc2ccccc21)Nc1ccc(F)c(NC(=O)CCN2CCOCC2)c1. The number of carbonyl (C=O) groups is 2. The quantitative estimate of drug-likeness (QED) is 0.566. The minimum atomic E-state index is -0.607. The zero-order chi connectivity index (χ0) is 23.2. The van der Waals surface area contributed by atoms with Gasteiger partial charge in [-0.15, -0.1) is 0 Å². The van der Waals surface area contributed by atoms with Gasteiger partial charge in [0.15, 0.2) is 0 Å². The van der Waals surface area contributed by atoms with Gasteiger partial charge in [-0.25, -0.2) is 9.37 Å². The van der Waals surface area contributed by atoms with Gasteiger partial charge in [0.25, 0.3) is 5.56 Å². The van der Waals surface area contributed by atoms with E-state index < -0.39 is 17.3 Å². The molecule has 2 aromatic carbocycles. The molecule has 1 saturated heterocycles. The summed E-state index contributed by atoms with van der Waals surface area (Å²) in [5, 5.41) is 5.21. The van der Waals surface area contributed by atoms with Crippen molar-refractivity contribution in [1.29, 1.82) is 0 Å². The monoisotopic (exact) mass is 453 g/mol. The summed E-state index contributed by atoms with van der Waals surface area (Å²) in [6, 6.07) is 10.9. The molecule has 0 atom stereocenters. The van der Waals surface area contributed by atoms with E-state index in [4.69, 9.17) is 4.74 Å². The van der Waals surface area contributed by atoms with E-state index in [1.165, 1.54) is 22.8 Å². The summed E-state index contributed by atoms with van der Waals surface area (Å²) in [7, 11) is 0. The van der Waals surface area contributed by atoms with Crippen LogP contribution in [0.5, 0.6) is 0 Å². The third-order valence-corrected chi connectivity index (χ3v) is 5.34. The fourth-order valence-corrected chi connectivity index (χ4v) is 3.62. The number of carbonyl (C=O) groups excluding carboxylic acids is 2. The Morgan fingerprint density at radius 2 is 1.85 bits per heavy atom. The average molecular weight is 453 g/mol. The lowest BCUT2D eigenvalue weighted by Gasteiger charge is -2.26. The van der Waals surface area contributed by atoms with Crippen molar-refractivity contribution in [2.45, 2.75) is 13.0 Å². The highest BCUT2D eigenvalue weighted by Gasteiger charge is 2.14. The maximum Gasteiger partial charge on any atom is 0.269 e. The molecule has 4 rings (SSSR count). The molecule has 1 aliphatic rings. The first-order chi connectivity index (χ1) is 16.0. The summed E-state index contributed by atoms with van der Waals surface area (Å²) in [4.78, 5) is 43.3. The molecular weight excluding hydrogens is 429 g/mol. The van der Waals surface area contributed by atoms with Gasteiger partial charge in [0.1, 0.15) is 12.4 Å². The van der Waals surface area contributed by atoms with E-state index >= 15 is 0 Å². The second-order valence-electron chi connectivity index (χ2n) is 7.67. The zero-order valence-electron chi connectivity index (χ0n) is 17.9. The summed E-state index contributed by atoms with van der Waals surface area (Å²) in [5.41, 5.74) is 1.00. The standard InChI is InChI=1S/C23H24FN5O4/c24-17-6-5-16(13-19(17)27-21(30)7-8-28-9-11-33-12-10-28)26-22(31)15-29-20-4-2-1-3-18(20)25-14-23(29)32/h1-6,13-14H,7-12,15H2,(H,26,31)(H,27,30). The van der Waals surface area contributed by atoms with Crippen molar-refractivity contribution in [3.05, 3.63) is 64.8 Å². The van der Waals surface area contributed by atoms with Crippen LogP contribution in [0.1, 0.15) is 6.42 Å². The summed E-state index contributed by atoms with van der Waals surface area (Å²) in [5.74, 6) is -1.40. The fraction of sp³-hybridized carbons (Fsp3) is 0.304. The third kappa shape index (κ3) is 5.79. The van der Waals surface area contributed by atoms with Crippen molar-refractivity contribution < 1.29 is 18.7 Å². The van der Waals surface area contributed by atoms with Crippen molar-refractivity contribution in [2.75, 3.05) is 43.5 Å². The second-order valence-corrected chi connectivity index (χ2v) is 7.67. The van der Waals surface area contributed by atoms with Gasteiger partial charge in [0.2, 0.25) is 11.8 Å². The van der Waals surface area contributed by atoms with E-state index in [2.05, 4.69) is 20.5 Å². The molecule has 10 heteroatoms. The molecule has 0 aliphatic carbocycles. The molecule has 1 aromatic heterocycles. The van der Waals surface area contributed by atoms with E-state index in [1.54, 1.807) is 24.3 Å². The highest BCUT2D eigenvalue weighted by molar-refractivity contribution is 5.94. The predicted molar refractivity (Wildman–Crippen MR) is 122 cm³/mol. The van der Waals surface area contributed by atoms with E-state index in [1.807, 2.05) is 0 Å². The fourth-order valence-electron chi connectivity index (χ4n) is 3.62. The van der Waals surface area contributed by atoms with Crippen LogP contribution in [0.4, 0.5) is 15.8 Å². The van der Waals surface area contributed by atoms with E-state index in [-0.39, 0.29) is 24.6 Å². The number of para-hydroxylation sites is 2. The van der Waals surface area contributed by atoms with Crippen molar-refractivity contribution >= 4 is 34.2 Å². The van der Waals surface area contributed by atoms with Crippen LogP contribution in [0.15, 0.2) is 53.5 Å². The van der Waals surface area contributed by atoms with Gasteiger partial charge < -0.3 is 15.4 Å². The summed E-state index contributed by atoms with van der Waals surface area (Å²) < 4.78 is 20.8. The van der Waals surface area contributed by atoms with Crippen LogP contribution < -0.4 is 16.2 Å². The zero-order valence-corrected chi connectivity index (χ0v) is 17.9. The van der Waals surface area contributed by atoms with Gasteiger partial charge in [-0.3, -0.25) is 23.9 Å². The molecular formula is C23H24FN5O4. The number of aromatic nitrogens is 2. The van der Waals surface area contributed by atoms with E-state index in [0.29, 0.717) is 36.5 Å². The number of amides is 2. The number of hydrogen-bond donors (Lipinski definition) is 2. The maximum atomic E-state index is 14.2. The molecule has 2 heterocycles. The molecule has 0 saturated carbocycles. The molecule has 2 amide bonds. The average Bonchev–Trinajstić information content (AvgIpc) is 2.82. The van der Waals surface area contributed by atoms with E-state index in [9.17, 15) is 18.8 Å². The van der Waals surface area contributed by atoms with Crippen LogP contribution in [0, 0.1) is 5.82 Å². The Morgan fingerprint density at radius 1 is 1.06 bits per heavy atom. The van der Waals surface area contributed by atoms with Crippen LogP contribution in [0.25, 0.3) is 11.0 Å². The lowest BCUT2D eigenvalue weighted by Crippen LogP contribution is -2.38. The number of nitrogens with zero attached hydrogens (tertiary/aromatic N) is 3. The molecule has 9 nitrogen and oxygen atoms in total. The Bertz CT molecular complexity index is 1220. The van der Waals surface area contributed by atoms with E-state index in [0.717, 1.165) is 19.3 Å². The molecule has 1 aliphatic heterocycles. The van der Waals surface area contributed by atoms with Gasteiger partial charge in [0, 0.05) is 31.7 Å². The van der Waals surface area contributed by atoms with Crippen molar-refractivity contribution in [1.82, 2.24) is 14.5 Å². The molecule has 172 valence electrons. The minimum Gasteiger partial charge on any atom is -0.379 e. The van der Waals surface area contributed by atoms with Crippen molar-refractivity contribution in [3.63, 3.8) is 0 Å². The number of anilines is 2. The Hall–Kier alpha value is -3.63. The van der Waals surface area contributed by atoms with Crippen molar-refractivity contribution in [2.24, 2.45) is 0 Å². The van der Waals surface area contributed by atoms with Crippen LogP contribution >= 0.6 is 0 Å². The number of rotatable bonds is 7. The largest absolute Gasteiger partial charge is 0.379 e. The summed E-state index contributed by atoms with van der Waals surface area (Å²) in [6.45, 7) is 3.12. The van der Waals surface area contributed by atoms with Crippen LogP contribution in [0.2, 0.25) is 0 Å².